The van der Waals surface area contributed by atoms with Crippen LogP contribution in [0.1, 0.15) is 28.9 Å². The molecule has 0 N–H and O–H groups in total. The Labute approximate surface area is 158 Å². The van der Waals surface area contributed by atoms with Crippen molar-refractivity contribution in [2.24, 2.45) is 0 Å². The Bertz CT molecular complexity index is 869. The summed E-state index contributed by atoms with van der Waals surface area (Å²) in [6.45, 7) is 2.88. The van der Waals surface area contributed by atoms with Crippen molar-refractivity contribution in [1.82, 2.24) is 14.7 Å². The number of piperazine rings is 1. The number of hydrogen-bond acceptors (Lipinski definition) is 3. The van der Waals surface area contributed by atoms with Crippen LogP contribution in [0.5, 0.6) is 0 Å². The second-order valence-electron chi connectivity index (χ2n) is 6.90. The largest absolute Gasteiger partial charge is 0.334 e. The van der Waals surface area contributed by atoms with Crippen molar-refractivity contribution in [3.05, 3.63) is 71.8 Å². The van der Waals surface area contributed by atoms with Gasteiger partial charge in [-0.3, -0.25) is 14.5 Å². The maximum absolute atomic E-state index is 13.0. The number of hydrogen-bond donors (Lipinski definition) is 0. The number of nitrogens with zero attached hydrogens (tertiary/aromatic N) is 3. The minimum atomic E-state index is -0.606. The third-order valence-corrected chi connectivity index (χ3v) is 5.33. The first-order valence-corrected chi connectivity index (χ1v) is 9.11. The van der Waals surface area contributed by atoms with E-state index in [2.05, 4.69) is 0 Å². The summed E-state index contributed by atoms with van der Waals surface area (Å²) in [5.74, 6) is -0.341. The molecule has 27 heavy (non-hydrogen) atoms. The summed E-state index contributed by atoms with van der Waals surface area (Å²) in [5.41, 5.74) is 1.51. The van der Waals surface area contributed by atoms with Crippen LogP contribution in [-0.2, 0) is 4.79 Å². The predicted molar refractivity (Wildman–Crippen MR) is 99.9 cm³/mol. The summed E-state index contributed by atoms with van der Waals surface area (Å²) < 4.78 is 0. The fourth-order valence-electron chi connectivity index (χ4n) is 3.80. The SMILES string of the molecule is C[C@@H](c1ccccc1)N1C(=O)[C@@H]2CN(C(=O)c3ccccc3)CCN2C1=O. The average Bonchev–Trinajstić information content (AvgIpc) is 2.98. The zero-order chi connectivity index (χ0) is 19.0. The first-order valence-electron chi connectivity index (χ1n) is 9.11. The van der Waals surface area contributed by atoms with Crippen molar-refractivity contribution in [3.63, 3.8) is 0 Å². The maximum Gasteiger partial charge on any atom is 0.328 e. The van der Waals surface area contributed by atoms with Gasteiger partial charge in [0.05, 0.1) is 12.6 Å². The highest BCUT2D eigenvalue weighted by atomic mass is 16.2. The van der Waals surface area contributed by atoms with E-state index in [0.29, 0.717) is 18.7 Å². The molecule has 4 amide bonds. The quantitative estimate of drug-likeness (QED) is 0.788. The Morgan fingerprint density at radius 3 is 2.26 bits per heavy atom. The lowest BCUT2D eigenvalue weighted by atomic mass is 10.1. The van der Waals surface area contributed by atoms with Crippen LogP contribution in [0.3, 0.4) is 0 Å². The molecule has 138 valence electrons. The fourth-order valence-corrected chi connectivity index (χ4v) is 3.80. The summed E-state index contributed by atoms with van der Waals surface area (Å²) in [5, 5.41) is 0. The molecule has 0 aliphatic carbocycles. The third kappa shape index (κ3) is 2.97. The van der Waals surface area contributed by atoms with Crippen molar-refractivity contribution in [1.29, 1.82) is 0 Å². The number of urea groups is 1. The number of benzene rings is 2. The van der Waals surface area contributed by atoms with Gasteiger partial charge in [0.1, 0.15) is 6.04 Å². The number of fused-ring (bicyclic) bond motifs is 1. The molecule has 0 spiro atoms. The Morgan fingerprint density at radius 1 is 0.963 bits per heavy atom. The first-order chi connectivity index (χ1) is 13.1. The van der Waals surface area contributed by atoms with Gasteiger partial charge >= 0.3 is 6.03 Å². The molecule has 0 bridgehead atoms. The molecule has 2 fully saturated rings. The van der Waals surface area contributed by atoms with Crippen LogP contribution in [0.25, 0.3) is 0 Å². The zero-order valence-corrected chi connectivity index (χ0v) is 15.1. The molecule has 2 heterocycles. The lowest BCUT2D eigenvalue weighted by molar-refractivity contribution is -0.130. The summed E-state index contributed by atoms with van der Waals surface area (Å²) in [6.07, 6.45) is 0. The minimum absolute atomic E-state index is 0.106. The first kappa shape index (κ1) is 17.3. The van der Waals surface area contributed by atoms with E-state index in [4.69, 9.17) is 0 Å². The Balaban J connectivity index is 1.54. The van der Waals surface area contributed by atoms with Crippen molar-refractivity contribution < 1.29 is 14.4 Å². The lowest BCUT2D eigenvalue weighted by Gasteiger charge is -2.35. The topological polar surface area (TPSA) is 60.9 Å². The monoisotopic (exact) mass is 363 g/mol. The molecular weight excluding hydrogens is 342 g/mol. The van der Waals surface area contributed by atoms with Crippen LogP contribution in [0, 0.1) is 0 Å². The molecular formula is C21H21N3O3. The van der Waals surface area contributed by atoms with Gasteiger partial charge in [0, 0.05) is 18.7 Å². The van der Waals surface area contributed by atoms with Crippen molar-refractivity contribution in [2.45, 2.75) is 19.0 Å². The van der Waals surface area contributed by atoms with Gasteiger partial charge < -0.3 is 9.80 Å². The summed E-state index contributed by atoms with van der Waals surface area (Å²) in [4.78, 5) is 43.1. The molecule has 2 atom stereocenters. The fraction of sp³-hybridized carbons (Fsp3) is 0.286. The Morgan fingerprint density at radius 2 is 1.59 bits per heavy atom. The minimum Gasteiger partial charge on any atom is -0.334 e. The summed E-state index contributed by atoms with van der Waals surface area (Å²) in [7, 11) is 0. The van der Waals surface area contributed by atoms with Crippen molar-refractivity contribution >= 4 is 17.8 Å². The molecule has 2 aliphatic heterocycles. The number of carbonyl (C=O) groups is 3. The summed E-state index contributed by atoms with van der Waals surface area (Å²) >= 11 is 0. The molecule has 6 heteroatoms. The smallest absolute Gasteiger partial charge is 0.328 e. The zero-order valence-electron chi connectivity index (χ0n) is 15.1. The van der Waals surface area contributed by atoms with E-state index in [1.165, 1.54) is 4.90 Å². The molecule has 2 aliphatic rings. The van der Waals surface area contributed by atoms with E-state index in [0.717, 1.165) is 5.56 Å². The van der Waals surface area contributed by atoms with Crippen LogP contribution in [0.2, 0.25) is 0 Å². The van der Waals surface area contributed by atoms with Crippen molar-refractivity contribution in [3.8, 4) is 0 Å². The van der Waals surface area contributed by atoms with E-state index < -0.39 is 6.04 Å². The van der Waals surface area contributed by atoms with E-state index in [-0.39, 0.29) is 30.4 Å². The number of carbonyl (C=O) groups excluding carboxylic acids is 3. The highest BCUT2D eigenvalue weighted by molar-refractivity contribution is 6.05. The highest BCUT2D eigenvalue weighted by Crippen LogP contribution is 2.30. The van der Waals surface area contributed by atoms with Crippen LogP contribution >= 0.6 is 0 Å². The molecule has 0 unspecified atom stereocenters. The van der Waals surface area contributed by atoms with E-state index >= 15 is 0 Å². The number of rotatable bonds is 3. The molecule has 0 radical (unpaired) electrons. The number of amides is 4. The van der Waals surface area contributed by atoms with Crippen LogP contribution in [0.15, 0.2) is 60.7 Å². The predicted octanol–water partition coefficient (Wildman–Crippen LogP) is 2.54. The second kappa shape index (κ2) is 6.87. The van der Waals surface area contributed by atoms with Crippen LogP contribution < -0.4 is 0 Å². The Kier molecular flexibility index (Phi) is 4.39. The maximum atomic E-state index is 13.0. The van der Waals surface area contributed by atoms with Gasteiger partial charge in [-0.25, -0.2) is 4.79 Å². The van der Waals surface area contributed by atoms with Gasteiger partial charge in [0.2, 0.25) is 0 Å². The molecule has 6 nitrogen and oxygen atoms in total. The van der Waals surface area contributed by atoms with E-state index in [9.17, 15) is 14.4 Å². The van der Waals surface area contributed by atoms with Gasteiger partial charge in [0.15, 0.2) is 0 Å². The molecule has 2 saturated heterocycles. The van der Waals surface area contributed by atoms with E-state index in [1.54, 1.807) is 21.9 Å². The van der Waals surface area contributed by atoms with Crippen molar-refractivity contribution in [2.75, 3.05) is 19.6 Å². The molecule has 0 saturated carbocycles. The highest BCUT2D eigenvalue weighted by Gasteiger charge is 2.50. The lowest BCUT2D eigenvalue weighted by Crippen LogP contribution is -2.54. The van der Waals surface area contributed by atoms with Gasteiger partial charge in [-0.2, -0.15) is 0 Å². The summed E-state index contributed by atoms with van der Waals surface area (Å²) in [6, 6.07) is 17.3. The second-order valence-corrected chi connectivity index (χ2v) is 6.90. The molecule has 0 aromatic heterocycles. The van der Waals surface area contributed by atoms with Gasteiger partial charge in [0.25, 0.3) is 11.8 Å². The molecule has 2 aromatic rings. The molecule has 4 rings (SSSR count). The van der Waals surface area contributed by atoms with Gasteiger partial charge in [-0.05, 0) is 24.6 Å². The Hall–Kier alpha value is -3.15. The number of imide groups is 1. The van der Waals surface area contributed by atoms with Crippen LogP contribution in [-0.4, -0.2) is 58.2 Å². The average molecular weight is 363 g/mol. The van der Waals surface area contributed by atoms with Gasteiger partial charge in [-0.1, -0.05) is 48.5 Å². The standard InChI is InChI=1S/C21H21N3O3/c1-15(16-8-4-2-5-9-16)24-20(26)18-14-22(12-13-23(18)21(24)27)19(25)17-10-6-3-7-11-17/h2-11,15,18H,12-14H2,1H3/t15-,18-/m0/s1. The van der Waals surface area contributed by atoms with Crippen LogP contribution in [0.4, 0.5) is 4.79 Å². The third-order valence-electron chi connectivity index (χ3n) is 5.33. The van der Waals surface area contributed by atoms with Gasteiger partial charge in [-0.15, -0.1) is 0 Å². The normalized spacial score (nSPS) is 20.6. The molecule has 2 aromatic carbocycles. The van der Waals surface area contributed by atoms with E-state index in [1.807, 2.05) is 55.5 Å².